The topological polar surface area (TPSA) is 37.4 Å². The lowest BCUT2D eigenvalue weighted by atomic mass is 10.0. The van der Waals surface area contributed by atoms with Gasteiger partial charge in [0.05, 0.1) is 0 Å². The van der Waals surface area contributed by atoms with Crippen molar-refractivity contribution in [2.75, 3.05) is 11.4 Å². The van der Waals surface area contributed by atoms with E-state index in [0.717, 1.165) is 23.2 Å². The minimum absolute atomic E-state index is 0.268. The highest BCUT2D eigenvalue weighted by Crippen LogP contribution is 2.28. The van der Waals surface area contributed by atoms with Gasteiger partial charge < -0.3 is 4.90 Å². The lowest BCUT2D eigenvalue weighted by molar-refractivity contribution is -0.137. The minimum Gasteiger partial charge on any atom is -0.305 e. The number of hydrogen-bond donors (Lipinski definition) is 0. The standard InChI is InChI=1S/C14H17NO2/c1-9-7-10(2)13(11(3)8-9)15-6-4-5-12(16)14(15)17/h7-8H,4-6H2,1-3H3. The van der Waals surface area contributed by atoms with E-state index in [1.165, 1.54) is 5.56 Å². The number of carbonyl (C=O) groups is 2. The summed E-state index contributed by atoms with van der Waals surface area (Å²) in [7, 11) is 0. The van der Waals surface area contributed by atoms with Crippen LogP contribution in [-0.2, 0) is 9.59 Å². The van der Waals surface area contributed by atoms with Gasteiger partial charge in [-0.05, 0) is 38.3 Å². The van der Waals surface area contributed by atoms with Crippen molar-refractivity contribution in [1.29, 1.82) is 0 Å². The molecule has 0 saturated carbocycles. The normalized spacial score (nSPS) is 16.5. The van der Waals surface area contributed by atoms with Gasteiger partial charge in [-0.25, -0.2) is 0 Å². The van der Waals surface area contributed by atoms with Gasteiger partial charge in [0.15, 0.2) is 0 Å². The molecule has 0 atom stereocenters. The zero-order valence-electron chi connectivity index (χ0n) is 10.5. The van der Waals surface area contributed by atoms with Gasteiger partial charge in [0.25, 0.3) is 5.91 Å². The van der Waals surface area contributed by atoms with Gasteiger partial charge in [-0.3, -0.25) is 9.59 Å². The van der Waals surface area contributed by atoms with Crippen molar-refractivity contribution in [3.05, 3.63) is 28.8 Å². The predicted molar refractivity (Wildman–Crippen MR) is 67.2 cm³/mol. The number of carbonyl (C=O) groups excluding carboxylic acids is 2. The van der Waals surface area contributed by atoms with Crippen LogP contribution < -0.4 is 4.90 Å². The molecule has 17 heavy (non-hydrogen) atoms. The van der Waals surface area contributed by atoms with E-state index >= 15 is 0 Å². The lowest BCUT2D eigenvalue weighted by Crippen LogP contribution is -2.42. The molecular formula is C14H17NO2. The van der Waals surface area contributed by atoms with Crippen LogP contribution >= 0.6 is 0 Å². The zero-order valence-corrected chi connectivity index (χ0v) is 10.5. The first-order chi connectivity index (χ1) is 8.00. The van der Waals surface area contributed by atoms with Crippen molar-refractivity contribution in [2.45, 2.75) is 33.6 Å². The number of rotatable bonds is 1. The van der Waals surface area contributed by atoms with Gasteiger partial charge in [-0.15, -0.1) is 0 Å². The Kier molecular flexibility index (Phi) is 3.01. The van der Waals surface area contributed by atoms with E-state index in [2.05, 4.69) is 12.1 Å². The molecule has 0 spiro atoms. The summed E-state index contributed by atoms with van der Waals surface area (Å²) in [6.07, 6.45) is 1.15. The van der Waals surface area contributed by atoms with Crippen LogP contribution in [0.3, 0.4) is 0 Å². The van der Waals surface area contributed by atoms with Crippen LogP contribution in [0.15, 0.2) is 12.1 Å². The highest BCUT2D eigenvalue weighted by atomic mass is 16.2. The Morgan fingerprint density at radius 3 is 2.24 bits per heavy atom. The van der Waals surface area contributed by atoms with E-state index in [-0.39, 0.29) is 11.7 Å². The summed E-state index contributed by atoms with van der Waals surface area (Å²) in [5.41, 5.74) is 4.21. The minimum atomic E-state index is -0.355. The predicted octanol–water partition coefficient (Wildman–Crippen LogP) is 2.31. The first-order valence-electron chi connectivity index (χ1n) is 5.93. The molecule has 0 aromatic heterocycles. The summed E-state index contributed by atoms with van der Waals surface area (Å²) in [4.78, 5) is 25.0. The average Bonchev–Trinajstić information content (AvgIpc) is 2.23. The van der Waals surface area contributed by atoms with Crippen molar-refractivity contribution >= 4 is 17.4 Å². The van der Waals surface area contributed by atoms with E-state index in [4.69, 9.17) is 0 Å². The fourth-order valence-corrected chi connectivity index (χ4v) is 2.57. The molecule has 0 bridgehead atoms. The van der Waals surface area contributed by atoms with E-state index in [9.17, 15) is 9.59 Å². The maximum absolute atomic E-state index is 11.9. The molecule has 0 aliphatic carbocycles. The van der Waals surface area contributed by atoms with Crippen molar-refractivity contribution in [3.8, 4) is 0 Å². The van der Waals surface area contributed by atoms with Gasteiger partial charge in [-0.2, -0.15) is 0 Å². The molecule has 90 valence electrons. The summed E-state index contributed by atoms with van der Waals surface area (Å²) in [6, 6.07) is 4.10. The molecule has 1 amide bonds. The van der Waals surface area contributed by atoms with Crippen molar-refractivity contribution in [1.82, 2.24) is 0 Å². The van der Waals surface area contributed by atoms with E-state index in [1.54, 1.807) is 4.90 Å². The van der Waals surface area contributed by atoms with Crippen LogP contribution in [0.4, 0.5) is 5.69 Å². The quantitative estimate of drug-likeness (QED) is 0.695. The summed E-state index contributed by atoms with van der Waals surface area (Å²) < 4.78 is 0. The second-order valence-electron chi connectivity index (χ2n) is 4.73. The van der Waals surface area contributed by atoms with Crippen LogP contribution in [0.5, 0.6) is 0 Å². The van der Waals surface area contributed by atoms with Crippen LogP contribution in [-0.4, -0.2) is 18.2 Å². The largest absolute Gasteiger partial charge is 0.305 e. The Hall–Kier alpha value is -1.64. The molecule has 1 aromatic carbocycles. The molecular weight excluding hydrogens is 214 g/mol. The molecule has 3 nitrogen and oxygen atoms in total. The Balaban J connectivity index is 2.46. The molecule has 1 fully saturated rings. The van der Waals surface area contributed by atoms with Gasteiger partial charge in [0.1, 0.15) is 0 Å². The fourth-order valence-electron chi connectivity index (χ4n) is 2.57. The smallest absolute Gasteiger partial charge is 0.294 e. The van der Waals surface area contributed by atoms with E-state index in [0.29, 0.717) is 13.0 Å². The summed E-state index contributed by atoms with van der Waals surface area (Å²) in [6.45, 7) is 6.66. The zero-order chi connectivity index (χ0) is 12.6. The van der Waals surface area contributed by atoms with Crippen LogP contribution in [0.25, 0.3) is 0 Å². The Labute approximate surface area is 101 Å². The number of Topliss-reactive ketones (excluding diaryl/α,β-unsaturated/α-hetero) is 1. The third-order valence-electron chi connectivity index (χ3n) is 3.17. The molecule has 1 aliphatic heterocycles. The highest BCUT2D eigenvalue weighted by Gasteiger charge is 2.29. The maximum Gasteiger partial charge on any atom is 0.294 e. The van der Waals surface area contributed by atoms with Crippen molar-refractivity contribution in [2.24, 2.45) is 0 Å². The third kappa shape index (κ3) is 2.09. The number of nitrogens with zero attached hydrogens (tertiary/aromatic N) is 1. The SMILES string of the molecule is Cc1cc(C)c(N2CCCC(=O)C2=O)c(C)c1. The molecule has 1 aliphatic rings. The van der Waals surface area contributed by atoms with Gasteiger partial charge in [0.2, 0.25) is 5.78 Å². The molecule has 1 saturated heterocycles. The summed E-state index contributed by atoms with van der Waals surface area (Å²) in [5.74, 6) is -0.623. The molecule has 0 radical (unpaired) electrons. The first-order valence-corrected chi connectivity index (χ1v) is 5.93. The number of benzene rings is 1. The Morgan fingerprint density at radius 1 is 1.06 bits per heavy atom. The molecule has 1 heterocycles. The van der Waals surface area contributed by atoms with Crippen LogP contribution in [0.1, 0.15) is 29.5 Å². The number of ketones is 1. The molecule has 1 aromatic rings. The number of piperidine rings is 1. The average molecular weight is 231 g/mol. The monoisotopic (exact) mass is 231 g/mol. The Bertz CT molecular complexity index is 468. The highest BCUT2D eigenvalue weighted by molar-refractivity contribution is 6.42. The van der Waals surface area contributed by atoms with Crippen LogP contribution in [0.2, 0.25) is 0 Å². The number of aryl methyl sites for hydroxylation is 3. The fraction of sp³-hybridized carbons (Fsp3) is 0.429. The molecule has 2 rings (SSSR count). The van der Waals surface area contributed by atoms with Gasteiger partial charge >= 0.3 is 0 Å². The van der Waals surface area contributed by atoms with E-state index < -0.39 is 0 Å². The number of anilines is 1. The second-order valence-corrected chi connectivity index (χ2v) is 4.73. The second kappa shape index (κ2) is 4.32. The summed E-state index contributed by atoms with van der Waals surface area (Å²) in [5, 5.41) is 0. The summed E-state index contributed by atoms with van der Waals surface area (Å²) >= 11 is 0. The number of hydrogen-bond acceptors (Lipinski definition) is 2. The Morgan fingerprint density at radius 2 is 1.65 bits per heavy atom. The van der Waals surface area contributed by atoms with Crippen molar-refractivity contribution < 1.29 is 9.59 Å². The van der Waals surface area contributed by atoms with Crippen molar-refractivity contribution in [3.63, 3.8) is 0 Å². The molecule has 0 N–H and O–H groups in total. The molecule has 3 heteroatoms. The van der Waals surface area contributed by atoms with Gasteiger partial charge in [-0.1, -0.05) is 17.7 Å². The lowest BCUT2D eigenvalue weighted by Gasteiger charge is -2.29. The van der Waals surface area contributed by atoms with Crippen LogP contribution in [0, 0.1) is 20.8 Å². The molecule has 0 unspecified atom stereocenters. The third-order valence-corrected chi connectivity index (χ3v) is 3.17. The number of amides is 1. The van der Waals surface area contributed by atoms with Gasteiger partial charge in [0, 0.05) is 18.7 Å². The maximum atomic E-state index is 11.9. The van der Waals surface area contributed by atoms with E-state index in [1.807, 2.05) is 20.8 Å². The first kappa shape index (κ1) is 11.8.